The van der Waals surface area contributed by atoms with E-state index in [4.69, 9.17) is 0 Å². The van der Waals surface area contributed by atoms with Crippen molar-refractivity contribution < 1.29 is 12.7 Å². The van der Waals surface area contributed by atoms with E-state index in [2.05, 4.69) is 6.58 Å². The molecule has 0 saturated carbocycles. The van der Waals surface area contributed by atoms with Gasteiger partial charge >= 0.3 is 0 Å². The van der Waals surface area contributed by atoms with Crippen molar-refractivity contribution in [2.45, 2.75) is 0 Å². The van der Waals surface area contributed by atoms with Crippen molar-refractivity contribution in [3.63, 3.8) is 0 Å². The van der Waals surface area contributed by atoms with Crippen LogP contribution in [-0.2, 0) is 11.3 Å². The van der Waals surface area contributed by atoms with Crippen molar-refractivity contribution in [2.75, 3.05) is 0 Å². The summed E-state index contributed by atoms with van der Waals surface area (Å²) < 4.78 is 22.1. The average molecular weight is 169 g/mol. The largest absolute Gasteiger partial charge is 0.716 e. The fraction of sp³-hybridized carbons (Fsp3) is 0. The van der Waals surface area contributed by atoms with Gasteiger partial charge in [0.25, 0.3) is 0 Å². The Morgan fingerprint density at radius 2 is 2.36 bits per heavy atom. The molecule has 1 unspecified atom stereocenters. The minimum absolute atomic E-state index is 0.556. The second-order valence-electron chi connectivity index (χ2n) is 1.87. The number of aromatic nitrogens is 1. The van der Waals surface area contributed by atoms with Gasteiger partial charge in [-0.05, 0) is 6.07 Å². The molecule has 11 heavy (non-hydrogen) atoms. The molecule has 1 aromatic heterocycles. The molecule has 0 aliphatic heterocycles. The van der Waals surface area contributed by atoms with E-state index in [-0.39, 0.29) is 0 Å². The fourth-order valence-corrected chi connectivity index (χ4v) is 1.21. The molecule has 1 aromatic rings. The highest BCUT2D eigenvalue weighted by Gasteiger charge is 2.04. The molecule has 0 bridgehead atoms. The molecule has 0 aliphatic rings. The van der Waals surface area contributed by atoms with Crippen molar-refractivity contribution in [3.8, 4) is 0 Å². The summed E-state index contributed by atoms with van der Waals surface area (Å²) in [4.78, 5) is 0. The predicted molar refractivity (Wildman–Crippen MR) is 41.0 cm³/mol. The first-order chi connectivity index (χ1) is 5.25. The molecule has 4 heteroatoms. The third kappa shape index (κ3) is 1.72. The minimum atomic E-state index is -2.24. The number of nitrogens with zero attached hydrogens (tertiary/aromatic N) is 1. The highest BCUT2D eigenvalue weighted by Crippen LogP contribution is 1.92. The predicted octanol–water partition coefficient (Wildman–Crippen LogP) is 0.259. The first-order valence-electron chi connectivity index (χ1n) is 2.98. The van der Waals surface area contributed by atoms with Crippen LogP contribution in [0.3, 0.4) is 0 Å². The van der Waals surface area contributed by atoms with Crippen LogP contribution < -0.4 is 3.97 Å². The molecule has 1 heterocycles. The zero-order valence-corrected chi connectivity index (χ0v) is 6.58. The second-order valence-corrected chi connectivity index (χ2v) is 2.70. The van der Waals surface area contributed by atoms with E-state index in [0.717, 1.165) is 3.97 Å². The fourth-order valence-electron chi connectivity index (χ4n) is 0.735. The van der Waals surface area contributed by atoms with Crippen LogP contribution in [0.1, 0.15) is 5.69 Å². The summed E-state index contributed by atoms with van der Waals surface area (Å²) in [6, 6.07) is 5.06. The van der Waals surface area contributed by atoms with Gasteiger partial charge in [-0.25, -0.2) is 4.21 Å². The summed E-state index contributed by atoms with van der Waals surface area (Å²) >= 11 is -2.24. The van der Waals surface area contributed by atoms with Crippen molar-refractivity contribution in [3.05, 3.63) is 36.7 Å². The van der Waals surface area contributed by atoms with Crippen molar-refractivity contribution in [2.24, 2.45) is 0 Å². The van der Waals surface area contributed by atoms with E-state index in [1.165, 1.54) is 12.3 Å². The van der Waals surface area contributed by atoms with Crippen LogP contribution >= 0.6 is 0 Å². The molecule has 3 nitrogen and oxygen atoms in total. The van der Waals surface area contributed by atoms with Crippen LogP contribution in [0.4, 0.5) is 0 Å². The minimum Gasteiger partial charge on any atom is -0.716 e. The molecular formula is C7H7NO2S. The van der Waals surface area contributed by atoms with Gasteiger partial charge in [0.05, 0.1) is 0 Å². The number of hydrogen-bond donors (Lipinski definition) is 0. The highest BCUT2D eigenvalue weighted by molar-refractivity contribution is 7.72. The molecule has 0 fully saturated rings. The van der Waals surface area contributed by atoms with E-state index >= 15 is 0 Å². The van der Waals surface area contributed by atoms with Gasteiger partial charge in [0.1, 0.15) is 0 Å². The highest BCUT2D eigenvalue weighted by atomic mass is 32.2. The Bertz CT molecular complexity index is 298. The van der Waals surface area contributed by atoms with Gasteiger partial charge in [0.2, 0.25) is 17.0 Å². The van der Waals surface area contributed by atoms with Gasteiger partial charge in [-0.2, -0.15) is 0 Å². The molecule has 0 aliphatic carbocycles. The topological polar surface area (TPSA) is 44.0 Å². The third-order valence-electron chi connectivity index (χ3n) is 1.22. The third-order valence-corrected chi connectivity index (χ3v) is 1.88. The molecular weight excluding hydrogens is 162 g/mol. The SMILES string of the molecule is C=Cc1cccc[n+]1S(=O)[O-]. The Hall–Kier alpha value is -1.00. The Kier molecular flexibility index (Phi) is 2.51. The van der Waals surface area contributed by atoms with E-state index in [1.54, 1.807) is 18.2 Å². The zero-order valence-electron chi connectivity index (χ0n) is 5.77. The molecule has 0 aromatic carbocycles. The summed E-state index contributed by atoms with van der Waals surface area (Å²) in [7, 11) is 0. The maximum Gasteiger partial charge on any atom is 0.232 e. The van der Waals surface area contributed by atoms with Gasteiger partial charge < -0.3 is 4.55 Å². The molecule has 0 amide bonds. The first-order valence-corrected chi connectivity index (χ1v) is 4.02. The molecule has 1 atom stereocenters. The number of pyridine rings is 1. The maximum absolute atomic E-state index is 10.5. The number of hydrogen-bond acceptors (Lipinski definition) is 2. The van der Waals surface area contributed by atoms with Crippen LogP contribution in [0.5, 0.6) is 0 Å². The van der Waals surface area contributed by atoms with Crippen molar-refractivity contribution in [1.29, 1.82) is 0 Å². The Morgan fingerprint density at radius 3 is 2.82 bits per heavy atom. The van der Waals surface area contributed by atoms with Gasteiger partial charge in [0, 0.05) is 18.2 Å². The van der Waals surface area contributed by atoms with E-state index in [9.17, 15) is 8.76 Å². The maximum atomic E-state index is 10.5. The summed E-state index contributed by atoms with van der Waals surface area (Å²) in [5.41, 5.74) is 0.556. The average Bonchev–Trinajstić information content (AvgIpc) is 2.04. The summed E-state index contributed by atoms with van der Waals surface area (Å²) in [5.74, 6) is 0. The summed E-state index contributed by atoms with van der Waals surface area (Å²) in [6.45, 7) is 3.48. The lowest BCUT2D eigenvalue weighted by Gasteiger charge is -1.98. The quantitative estimate of drug-likeness (QED) is 0.471. The lowest BCUT2D eigenvalue weighted by atomic mass is 10.3. The van der Waals surface area contributed by atoms with Crippen LogP contribution in [0.25, 0.3) is 6.08 Å². The van der Waals surface area contributed by atoms with Crippen LogP contribution in [-0.4, -0.2) is 8.76 Å². The van der Waals surface area contributed by atoms with E-state index < -0.39 is 11.3 Å². The van der Waals surface area contributed by atoms with Crippen molar-refractivity contribution in [1.82, 2.24) is 0 Å². The zero-order chi connectivity index (χ0) is 8.27. The normalized spacial score (nSPS) is 12.5. The smallest absolute Gasteiger partial charge is 0.232 e. The van der Waals surface area contributed by atoms with Crippen LogP contribution in [0, 0.1) is 0 Å². The molecule has 58 valence electrons. The standard InChI is InChI=1S/C7H7NO2S/c1-2-7-5-3-4-6-8(7)11(9)10/h2-6H,1H2. The lowest BCUT2D eigenvalue weighted by molar-refractivity contribution is -0.514. The van der Waals surface area contributed by atoms with Crippen LogP contribution in [0.2, 0.25) is 0 Å². The molecule has 0 saturated heterocycles. The molecule has 0 spiro atoms. The van der Waals surface area contributed by atoms with Gasteiger partial charge in [-0.1, -0.05) is 6.58 Å². The first kappa shape index (κ1) is 8.10. The summed E-state index contributed by atoms with van der Waals surface area (Å²) in [6.07, 6.45) is 2.94. The summed E-state index contributed by atoms with van der Waals surface area (Å²) in [5, 5.41) is 0. The van der Waals surface area contributed by atoms with Gasteiger partial charge in [-0.3, -0.25) is 0 Å². The van der Waals surface area contributed by atoms with E-state index in [1.807, 2.05) is 0 Å². The lowest BCUT2D eigenvalue weighted by Crippen LogP contribution is -2.39. The Balaban J connectivity index is 3.22. The van der Waals surface area contributed by atoms with Gasteiger partial charge in [-0.15, -0.1) is 3.97 Å². The molecule has 0 radical (unpaired) electrons. The van der Waals surface area contributed by atoms with Crippen molar-refractivity contribution >= 4 is 17.3 Å². The Labute approximate surface area is 67.4 Å². The number of rotatable bonds is 2. The Morgan fingerprint density at radius 1 is 1.64 bits per heavy atom. The molecule has 0 N–H and O–H groups in total. The second kappa shape index (κ2) is 3.41. The molecule has 1 rings (SSSR count). The van der Waals surface area contributed by atoms with E-state index in [0.29, 0.717) is 5.69 Å². The van der Waals surface area contributed by atoms with Crippen LogP contribution in [0.15, 0.2) is 31.0 Å². The monoisotopic (exact) mass is 169 g/mol. The van der Waals surface area contributed by atoms with Gasteiger partial charge in [0.15, 0.2) is 6.20 Å².